The Morgan fingerprint density at radius 2 is 1.74 bits per heavy atom. The molecule has 4 heteroatoms. The van der Waals surface area contributed by atoms with Crippen LogP contribution < -0.4 is 4.90 Å². The van der Waals surface area contributed by atoms with E-state index in [4.69, 9.17) is 0 Å². The molecule has 4 aliphatic carbocycles. The van der Waals surface area contributed by atoms with E-state index in [1.807, 2.05) is 11.0 Å². The van der Waals surface area contributed by atoms with Gasteiger partial charge in [0.05, 0.1) is 0 Å². The lowest BCUT2D eigenvalue weighted by Crippen LogP contribution is -2.71. The van der Waals surface area contributed by atoms with Gasteiger partial charge >= 0.3 is 0 Å². The Kier molecular flexibility index (Phi) is 5.25. The van der Waals surface area contributed by atoms with Crippen molar-refractivity contribution in [1.82, 2.24) is 4.90 Å². The first-order chi connectivity index (χ1) is 19.1. The predicted octanol–water partition coefficient (Wildman–Crippen LogP) is 8.22. The van der Waals surface area contributed by atoms with Gasteiger partial charge in [-0.1, -0.05) is 61.2 Å². The van der Waals surface area contributed by atoms with Crippen molar-refractivity contribution >= 4 is 24.2 Å². The molecule has 204 valence electrons. The third-order valence-electron chi connectivity index (χ3n) is 13.2. The highest BCUT2D eigenvalue weighted by Gasteiger charge is 2.69. The number of rotatable bonds is 1. The molecular weight excluding hydrogens is 491 g/mol. The second-order valence-electron chi connectivity index (χ2n) is 14.7. The van der Waals surface area contributed by atoms with Gasteiger partial charge in [-0.2, -0.15) is 11.8 Å². The minimum atomic E-state index is 0.232. The van der Waals surface area contributed by atoms with Crippen LogP contribution in [0, 0.1) is 11.3 Å². The Hall–Kier alpha value is -1.55. The first-order valence-electron chi connectivity index (χ1n) is 16.5. The maximum absolute atomic E-state index is 3.13. The first-order valence-corrected chi connectivity index (χ1v) is 17.4. The van der Waals surface area contributed by atoms with E-state index in [-0.39, 0.29) is 5.54 Å². The number of benzene rings is 1. The fourth-order valence-corrected chi connectivity index (χ4v) is 13.9. The fraction of sp³-hybridized carbons (Fsp3) is 0.657. The molecule has 7 unspecified atom stereocenters. The van der Waals surface area contributed by atoms with Crippen molar-refractivity contribution in [2.24, 2.45) is 11.3 Å². The molecule has 4 aliphatic heterocycles. The summed E-state index contributed by atoms with van der Waals surface area (Å²) in [4.78, 5) is 6.18. The van der Waals surface area contributed by atoms with Crippen molar-refractivity contribution in [1.29, 1.82) is 0 Å². The topological polar surface area (TPSA) is 6.48 Å². The molecule has 4 heterocycles. The Balaban J connectivity index is 1.26. The Morgan fingerprint density at radius 3 is 2.59 bits per heavy atom. The molecule has 7 atom stereocenters. The zero-order chi connectivity index (χ0) is 25.9. The van der Waals surface area contributed by atoms with Crippen molar-refractivity contribution in [3.63, 3.8) is 0 Å². The summed E-state index contributed by atoms with van der Waals surface area (Å²) < 4.78 is 0. The van der Waals surface area contributed by atoms with Gasteiger partial charge in [0.15, 0.2) is 6.71 Å². The molecule has 0 N–H and O–H groups in total. The molecule has 1 spiro atoms. The molecule has 1 aromatic rings. The van der Waals surface area contributed by atoms with Crippen LogP contribution in [-0.2, 0) is 0 Å². The van der Waals surface area contributed by atoms with E-state index in [0.29, 0.717) is 28.8 Å². The van der Waals surface area contributed by atoms with Gasteiger partial charge in [-0.25, -0.2) is 0 Å². The van der Waals surface area contributed by atoms with E-state index >= 15 is 0 Å². The molecule has 0 amide bonds. The van der Waals surface area contributed by atoms with E-state index < -0.39 is 0 Å². The van der Waals surface area contributed by atoms with E-state index in [1.165, 1.54) is 82.7 Å². The van der Waals surface area contributed by atoms with Crippen LogP contribution in [0.4, 0.5) is 5.69 Å². The number of nitrogens with zero attached hydrogens (tertiary/aromatic N) is 2. The molecule has 0 aromatic heterocycles. The zero-order valence-electron chi connectivity index (χ0n) is 24.0. The molecule has 8 aliphatic rings. The van der Waals surface area contributed by atoms with Crippen molar-refractivity contribution in [2.45, 2.75) is 131 Å². The van der Waals surface area contributed by atoms with Gasteiger partial charge in [-0.3, -0.25) is 0 Å². The van der Waals surface area contributed by atoms with Crippen molar-refractivity contribution in [3.8, 4) is 0 Å². The summed E-state index contributed by atoms with van der Waals surface area (Å²) in [6.07, 6.45) is 24.5. The largest absolute Gasteiger partial charge is 0.365 e. The number of para-hydroxylation sites is 1. The average molecular weight is 537 g/mol. The van der Waals surface area contributed by atoms with Crippen LogP contribution >= 0.6 is 11.8 Å². The van der Waals surface area contributed by atoms with Crippen molar-refractivity contribution in [2.75, 3.05) is 4.90 Å². The quantitative estimate of drug-likeness (QED) is 0.264. The number of hydrogen-bond acceptors (Lipinski definition) is 3. The highest BCUT2D eigenvalue weighted by Crippen LogP contribution is 2.69. The van der Waals surface area contributed by atoms with Crippen LogP contribution in [-0.4, -0.2) is 45.7 Å². The molecular formula is C35H45BN2S. The number of fused-ring (bicyclic) bond motifs is 7. The van der Waals surface area contributed by atoms with Gasteiger partial charge in [0, 0.05) is 50.9 Å². The molecule has 9 rings (SSSR count). The number of thioether (sulfide) groups is 1. The lowest BCUT2D eigenvalue weighted by molar-refractivity contribution is 0.0139. The van der Waals surface area contributed by atoms with Gasteiger partial charge in [-0.05, 0) is 101 Å². The molecule has 2 nitrogen and oxygen atoms in total. The summed E-state index contributed by atoms with van der Waals surface area (Å²) >= 11 is 2.41. The maximum atomic E-state index is 3.13. The summed E-state index contributed by atoms with van der Waals surface area (Å²) in [5.41, 5.74) is 7.68. The normalized spacial score (nSPS) is 40.7. The zero-order valence-corrected chi connectivity index (χ0v) is 24.8. The highest BCUT2D eigenvalue weighted by atomic mass is 32.2. The van der Waals surface area contributed by atoms with Gasteiger partial charge < -0.3 is 9.80 Å². The van der Waals surface area contributed by atoms with E-state index in [9.17, 15) is 0 Å². The average Bonchev–Trinajstić information content (AvgIpc) is 3.44. The van der Waals surface area contributed by atoms with Gasteiger partial charge in [-0.15, -0.1) is 0 Å². The van der Waals surface area contributed by atoms with Crippen LogP contribution in [0.5, 0.6) is 0 Å². The van der Waals surface area contributed by atoms with E-state index in [1.54, 1.807) is 5.70 Å². The van der Waals surface area contributed by atoms with Gasteiger partial charge in [0.2, 0.25) is 0 Å². The lowest BCUT2D eigenvalue weighted by Gasteiger charge is -2.63. The Bertz CT molecular complexity index is 1260. The lowest BCUT2D eigenvalue weighted by atomic mass is 9.26. The Morgan fingerprint density at radius 1 is 0.923 bits per heavy atom. The molecule has 2 saturated carbocycles. The summed E-state index contributed by atoms with van der Waals surface area (Å²) in [6, 6.07) is 13.8. The minimum Gasteiger partial charge on any atom is -0.365 e. The molecule has 0 bridgehead atoms. The van der Waals surface area contributed by atoms with E-state index in [0.717, 1.165) is 23.6 Å². The molecule has 3 saturated heterocycles. The summed E-state index contributed by atoms with van der Waals surface area (Å²) in [5, 5.41) is 1.45. The molecule has 1 aromatic carbocycles. The molecule has 0 radical (unpaired) electrons. The van der Waals surface area contributed by atoms with Crippen LogP contribution in [0.3, 0.4) is 0 Å². The second-order valence-corrected chi connectivity index (χ2v) is 16.1. The van der Waals surface area contributed by atoms with Crippen LogP contribution in [0.1, 0.15) is 90.9 Å². The number of allylic oxidation sites excluding steroid dienone is 4. The number of anilines is 1. The first kappa shape index (κ1) is 24.1. The molecule has 5 fully saturated rings. The van der Waals surface area contributed by atoms with Gasteiger partial charge in [0.25, 0.3) is 0 Å². The van der Waals surface area contributed by atoms with Gasteiger partial charge in [0.1, 0.15) is 0 Å². The van der Waals surface area contributed by atoms with Crippen LogP contribution in [0.15, 0.2) is 65.3 Å². The monoisotopic (exact) mass is 536 g/mol. The van der Waals surface area contributed by atoms with Crippen LogP contribution in [0.25, 0.3) is 0 Å². The Labute approximate surface area is 240 Å². The minimum absolute atomic E-state index is 0.232. The highest BCUT2D eigenvalue weighted by molar-refractivity contribution is 8.02. The van der Waals surface area contributed by atoms with Crippen molar-refractivity contribution in [3.05, 3.63) is 65.3 Å². The fourth-order valence-electron chi connectivity index (χ4n) is 11.9. The summed E-state index contributed by atoms with van der Waals surface area (Å²) in [6.45, 7) is 6.13. The third-order valence-corrected chi connectivity index (χ3v) is 14.9. The second kappa shape index (κ2) is 8.49. The maximum Gasteiger partial charge on any atom is 0.197 e. The smallest absolute Gasteiger partial charge is 0.197 e. The predicted molar refractivity (Wildman–Crippen MR) is 166 cm³/mol. The standard InChI is InChI=1S/C35H45BN2S/c1-34(2)35(21-9-4-10-22-35)25-16-11-17-26-32(25)38(34)28-19-12-18-27-30(28)36(26)33-31(24-15-7-8-20-29(24)39-33)37(27)23-13-5-3-6-14-23/h3,5-6,8,13-14,16,20,24,27-31,33H,4,7,9-12,15,17-19,21-22H2,1-2H3. The SMILES string of the molecule is CC1(C)N2C3=C(CCC=C3C13CCCCC3)B1C3SC4C=CCCC4C3N(c3ccccc3)C3CCCC2C13. The van der Waals surface area contributed by atoms with Crippen molar-refractivity contribution < 1.29 is 0 Å². The summed E-state index contributed by atoms with van der Waals surface area (Å²) in [7, 11) is 0. The summed E-state index contributed by atoms with van der Waals surface area (Å²) in [5.74, 6) is 1.58. The molecule has 39 heavy (non-hydrogen) atoms. The third kappa shape index (κ3) is 2.98. The van der Waals surface area contributed by atoms with E-state index in [2.05, 4.69) is 84.0 Å². The number of hydrogen-bond donors (Lipinski definition) is 0. The van der Waals surface area contributed by atoms with Crippen LogP contribution in [0.2, 0.25) is 5.82 Å².